The van der Waals surface area contributed by atoms with E-state index in [-0.39, 0.29) is 53.6 Å². The quantitative estimate of drug-likeness (QED) is 0.279. The average molecular weight is 589 g/mol. The number of fused-ring (bicyclic) bond motifs is 6. The second-order valence-corrected chi connectivity index (χ2v) is 15.0. The molecule has 0 bridgehead atoms. The molecule has 42 heavy (non-hydrogen) atoms. The molecule has 0 aromatic carbocycles. The van der Waals surface area contributed by atoms with Gasteiger partial charge in [-0.15, -0.1) is 0 Å². The molecular weight excluding hydrogens is 540 g/mol. The van der Waals surface area contributed by atoms with Crippen LogP contribution in [0, 0.1) is 28.6 Å². The predicted octanol–water partition coefficient (Wildman–Crippen LogP) is 3.97. The van der Waals surface area contributed by atoms with Crippen LogP contribution in [0.5, 0.6) is 0 Å². The zero-order valence-corrected chi connectivity index (χ0v) is 25.5. The van der Waals surface area contributed by atoms with Crippen LogP contribution in [0.15, 0.2) is 11.6 Å². The van der Waals surface area contributed by atoms with Crippen molar-refractivity contribution in [3.8, 4) is 0 Å². The molecule has 7 rings (SSSR count). The zero-order valence-electron chi connectivity index (χ0n) is 25.5. The van der Waals surface area contributed by atoms with Crippen molar-refractivity contribution in [2.45, 2.75) is 146 Å². The minimum Gasteiger partial charge on any atom is -0.458 e. The average Bonchev–Trinajstić information content (AvgIpc) is 3.61. The van der Waals surface area contributed by atoms with Gasteiger partial charge in [0, 0.05) is 24.3 Å². The number of hydrogen-bond acceptors (Lipinski definition) is 9. The van der Waals surface area contributed by atoms with E-state index < -0.39 is 28.7 Å². The van der Waals surface area contributed by atoms with Crippen molar-refractivity contribution >= 4 is 12.3 Å². The molecule has 9 nitrogen and oxygen atoms in total. The number of ether oxygens (including phenoxy) is 5. The lowest BCUT2D eigenvalue weighted by Crippen LogP contribution is -2.69. The van der Waals surface area contributed by atoms with Gasteiger partial charge in [-0.25, -0.2) is 4.79 Å². The summed E-state index contributed by atoms with van der Waals surface area (Å²) in [6.07, 6.45) is 8.56. The highest BCUT2D eigenvalue weighted by Gasteiger charge is 2.71. The molecule has 6 fully saturated rings. The van der Waals surface area contributed by atoms with Crippen LogP contribution in [-0.2, 0) is 33.3 Å². The van der Waals surface area contributed by atoms with Gasteiger partial charge in [0.25, 0.3) is 0 Å². The summed E-state index contributed by atoms with van der Waals surface area (Å²) in [4.78, 5) is 25.0. The maximum absolute atomic E-state index is 13.1. The van der Waals surface area contributed by atoms with Crippen molar-refractivity contribution in [3.63, 3.8) is 0 Å². The van der Waals surface area contributed by atoms with Gasteiger partial charge in [-0.1, -0.05) is 13.8 Å². The molecule has 13 atom stereocenters. The van der Waals surface area contributed by atoms with Crippen LogP contribution >= 0.6 is 0 Å². The van der Waals surface area contributed by atoms with Crippen molar-refractivity contribution in [3.05, 3.63) is 11.6 Å². The van der Waals surface area contributed by atoms with Crippen molar-refractivity contribution in [2.75, 3.05) is 6.61 Å². The number of aldehydes is 1. The fraction of sp³-hybridized carbons (Fsp3) is 0.879. The van der Waals surface area contributed by atoms with Gasteiger partial charge < -0.3 is 38.7 Å². The van der Waals surface area contributed by atoms with E-state index in [0.29, 0.717) is 51.6 Å². The van der Waals surface area contributed by atoms with Gasteiger partial charge in [-0.05, 0) is 95.0 Å². The summed E-state index contributed by atoms with van der Waals surface area (Å²) < 4.78 is 30.4. The minimum atomic E-state index is -1.19. The van der Waals surface area contributed by atoms with E-state index in [1.165, 1.54) is 0 Å². The van der Waals surface area contributed by atoms with Crippen LogP contribution in [0.1, 0.15) is 98.3 Å². The van der Waals surface area contributed by atoms with E-state index in [1.54, 1.807) is 6.08 Å². The van der Waals surface area contributed by atoms with Crippen molar-refractivity contribution in [1.29, 1.82) is 0 Å². The third kappa shape index (κ3) is 4.02. The molecule has 9 heteroatoms. The van der Waals surface area contributed by atoms with Crippen molar-refractivity contribution in [2.24, 2.45) is 28.6 Å². The summed E-state index contributed by atoms with van der Waals surface area (Å²) in [5, 5.41) is 24.7. The normalized spacial score (nSPS) is 55.2. The largest absolute Gasteiger partial charge is 0.458 e. The standard InChI is InChI=1S/C33H48O9/c1-5-30(4)41-25-15-27(39-19(2)28(25)42-30)40-21-6-11-31(18-34)23-7-10-29(3)22(20-14-26(35)38-17-20)9-13-33(29,37)24(23)8-12-32(31,36)16-21/h14,18-19,21-25,27-28,36-37H,5-13,15-17H2,1-4H3/t19-,21+,22-,23-,24+,25+,27-,28+,29+,30+,31-,32-,33-/m0/s1. The first-order chi connectivity index (χ1) is 19.9. The highest BCUT2D eigenvalue weighted by Crippen LogP contribution is 2.70. The fourth-order valence-corrected chi connectivity index (χ4v) is 10.8. The lowest BCUT2D eigenvalue weighted by atomic mass is 9.41. The summed E-state index contributed by atoms with van der Waals surface area (Å²) in [7, 11) is 0. The van der Waals surface area contributed by atoms with E-state index in [2.05, 4.69) is 6.92 Å². The molecule has 0 spiro atoms. The Morgan fingerprint density at radius 3 is 2.55 bits per heavy atom. The number of rotatable bonds is 5. The number of aliphatic hydroxyl groups is 2. The molecule has 0 radical (unpaired) electrons. The van der Waals surface area contributed by atoms with Gasteiger partial charge in [-0.3, -0.25) is 0 Å². The number of hydrogen-bond donors (Lipinski definition) is 2. The molecule has 0 aromatic rings. The number of carbonyl (C=O) groups excluding carboxylic acids is 2. The van der Waals surface area contributed by atoms with Crippen LogP contribution in [0.3, 0.4) is 0 Å². The molecular formula is C33H48O9. The lowest BCUT2D eigenvalue weighted by molar-refractivity contribution is -0.278. The molecule has 3 aliphatic heterocycles. The smallest absolute Gasteiger partial charge is 0.331 e. The molecule has 0 unspecified atom stereocenters. The third-order valence-electron chi connectivity index (χ3n) is 13.2. The van der Waals surface area contributed by atoms with Gasteiger partial charge >= 0.3 is 5.97 Å². The van der Waals surface area contributed by atoms with E-state index in [1.807, 2.05) is 20.8 Å². The SMILES string of the molecule is CC[C@@]1(C)O[C@@H]2[C@H](C)O[C@@H](O[C@@H]3CC[C@]4(C=O)[C@H]5CC[C@]6(C)[C@H](C7=CC(=O)OC7)CC[C@]6(O)[C@@H]5CC[C@]4(O)C3)C[C@H]2O1. The van der Waals surface area contributed by atoms with Crippen LogP contribution in [-0.4, -0.2) is 76.8 Å². The Labute approximate surface area is 248 Å². The maximum Gasteiger partial charge on any atom is 0.331 e. The van der Waals surface area contributed by atoms with E-state index in [9.17, 15) is 19.8 Å². The molecule has 4 saturated carbocycles. The number of esters is 1. The molecule has 7 aliphatic rings. The van der Waals surface area contributed by atoms with Crippen LogP contribution in [0.25, 0.3) is 0 Å². The third-order valence-corrected chi connectivity index (χ3v) is 13.2. The van der Waals surface area contributed by atoms with Gasteiger partial charge in [0.05, 0.1) is 34.9 Å². The maximum atomic E-state index is 13.1. The summed E-state index contributed by atoms with van der Waals surface area (Å²) in [6, 6.07) is 0. The molecule has 4 aliphatic carbocycles. The second-order valence-electron chi connectivity index (χ2n) is 15.0. The van der Waals surface area contributed by atoms with Crippen LogP contribution < -0.4 is 0 Å². The van der Waals surface area contributed by atoms with Crippen LogP contribution in [0.2, 0.25) is 0 Å². The van der Waals surface area contributed by atoms with E-state index in [4.69, 9.17) is 23.7 Å². The molecule has 2 N–H and O–H groups in total. The van der Waals surface area contributed by atoms with Gasteiger partial charge in [0.1, 0.15) is 19.0 Å². The molecule has 234 valence electrons. The molecule has 0 amide bonds. The monoisotopic (exact) mass is 588 g/mol. The Bertz CT molecular complexity index is 1160. The van der Waals surface area contributed by atoms with Gasteiger partial charge in [0.15, 0.2) is 12.1 Å². The molecule has 3 heterocycles. The van der Waals surface area contributed by atoms with Crippen LogP contribution in [0.4, 0.5) is 0 Å². The van der Waals surface area contributed by atoms with Crippen molar-refractivity contribution < 1.29 is 43.5 Å². The second kappa shape index (κ2) is 9.82. The zero-order chi connectivity index (χ0) is 29.7. The Kier molecular flexibility index (Phi) is 6.86. The van der Waals surface area contributed by atoms with E-state index >= 15 is 0 Å². The Morgan fingerprint density at radius 2 is 1.83 bits per heavy atom. The first-order valence-electron chi connectivity index (χ1n) is 16.3. The Balaban J connectivity index is 1.07. The molecule has 2 saturated heterocycles. The lowest BCUT2D eigenvalue weighted by Gasteiger charge is -2.65. The topological polar surface area (TPSA) is 121 Å². The highest BCUT2D eigenvalue weighted by atomic mass is 16.8. The first-order valence-corrected chi connectivity index (χ1v) is 16.3. The first kappa shape index (κ1) is 29.4. The summed E-state index contributed by atoms with van der Waals surface area (Å²) in [5.74, 6) is -0.980. The minimum absolute atomic E-state index is 0.0744. The summed E-state index contributed by atoms with van der Waals surface area (Å²) in [6.45, 7) is 8.49. The number of cyclic esters (lactones) is 1. The predicted molar refractivity (Wildman–Crippen MR) is 150 cm³/mol. The Morgan fingerprint density at radius 1 is 1.05 bits per heavy atom. The highest BCUT2D eigenvalue weighted by molar-refractivity contribution is 5.85. The Hall–Kier alpha value is -1.36. The van der Waals surface area contributed by atoms with E-state index in [0.717, 1.165) is 37.5 Å². The summed E-state index contributed by atoms with van der Waals surface area (Å²) in [5.41, 5.74) is -2.44. The summed E-state index contributed by atoms with van der Waals surface area (Å²) >= 11 is 0. The number of carbonyl (C=O) groups is 2. The fourth-order valence-electron chi connectivity index (χ4n) is 10.8. The van der Waals surface area contributed by atoms with Gasteiger partial charge in [0.2, 0.25) is 0 Å². The van der Waals surface area contributed by atoms with Crippen molar-refractivity contribution in [1.82, 2.24) is 0 Å². The molecule has 0 aromatic heterocycles. The van der Waals surface area contributed by atoms with Gasteiger partial charge in [-0.2, -0.15) is 0 Å².